The van der Waals surface area contributed by atoms with E-state index in [1.54, 1.807) is 0 Å². The third-order valence-electron chi connectivity index (χ3n) is 2.11. The molecule has 0 saturated carbocycles. The molecule has 11 heavy (non-hydrogen) atoms. The summed E-state index contributed by atoms with van der Waals surface area (Å²) in [5, 5.41) is 0. The molecule has 1 saturated heterocycles. The maximum absolute atomic E-state index is 3.23. The molecule has 58 valence electrons. The van der Waals surface area contributed by atoms with Crippen LogP contribution in [0.3, 0.4) is 0 Å². The lowest BCUT2D eigenvalue weighted by Crippen LogP contribution is -1.99. The van der Waals surface area contributed by atoms with Crippen molar-refractivity contribution in [3.05, 3.63) is 30.3 Å². The molecule has 1 nitrogen and oxygen atoms in total. The maximum atomic E-state index is 3.23. The van der Waals surface area contributed by atoms with Gasteiger partial charge in [0.2, 0.25) is 0 Å². The molecule has 0 unspecified atom stereocenters. The molecular formula is C10H13O+. The first-order chi connectivity index (χ1) is 5.47. The Morgan fingerprint density at radius 3 is 2.18 bits per heavy atom. The zero-order valence-electron chi connectivity index (χ0n) is 6.62. The lowest BCUT2D eigenvalue weighted by molar-refractivity contribution is -0.0113. The van der Waals surface area contributed by atoms with Gasteiger partial charge >= 0.3 is 0 Å². The molecule has 1 aromatic rings. The van der Waals surface area contributed by atoms with Gasteiger partial charge in [-0.25, -0.2) is 0 Å². The molecule has 0 radical (unpaired) electrons. The van der Waals surface area contributed by atoms with Crippen molar-refractivity contribution in [1.29, 1.82) is 0 Å². The number of para-hydroxylation sites is 1. The van der Waals surface area contributed by atoms with Gasteiger partial charge in [0.1, 0.15) is 0 Å². The zero-order chi connectivity index (χ0) is 7.52. The van der Waals surface area contributed by atoms with E-state index >= 15 is 0 Å². The number of hydrogen-bond donors (Lipinski definition) is 0. The summed E-state index contributed by atoms with van der Waals surface area (Å²) < 4.78 is 3.23. The number of rotatable bonds is 1. The summed E-state index contributed by atoms with van der Waals surface area (Å²) in [6, 6.07) is 10.5. The fourth-order valence-electron chi connectivity index (χ4n) is 1.50. The van der Waals surface area contributed by atoms with E-state index in [9.17, 15) is 0 Å². The molecule has 2 rings (SSSR count). The van der Waals surface area contributed by atoms with Crippen molar-refractivity contribution in [2.45, 2.75) is 12.8 Å². The van der Waals surface area contributed by atoms with Crippen LogP contribution in [0.25, 0.3) is 0 Å². The second-order valence-electron chi connectivity index (χ2n) is 2.92. The van der Waals surface area contributed by atoms with Gasteiger partial charge in [-0.1, -0.05) is 18.2 Å². The van der Waals surface area contributed by atoms with Crippen LogP contribution >= 0.6 is 0 Å². The third-order valence-corrected chi connectivity index (χ3v) is 2.11. The molecule has 0 amide bonds. The summed E-state index contributed by atoms with van der Waals surface area (Å²) in [6.45, 7) is 2.31. The molecule has 1 aliphatic rings. The lowest BCUT2D eigenvalue weighted by Gasteiger charge is -2.16. The minimum Gasteiger partial charge on any atom is -0.572 e. The molecule has 1 aliphatic heterocycles. The van der Waals surface area contributed by atoms with Crippen molar-refractivity contribution in [3.8, 4) is 5.75 Å². The monoisotopic (exact) mass is 149 g/mol. The molecule has 0 N–H and O–H groups in total. The van der Waals surface area contributed by atoms with E-state index < -0.39 is 0 Å². The summed E-state index contributed by atoms with van der Waals surface area (Å²) >= 11 is 0. The van der Waals surface area contributed by atoms with Gasteiger partial charge in [0.05, 0.1) is 0 Å². The summed E-state index contributed by atoms with van der Waals surface area (Å²) in [7, 11) is 0. The Morgan fingerprint density at radius 1 is 0.909 bits per heavy atom. The quantitative estimate of drug-likeness (QED) is 0.540. The molecule has 0 bridgehead atoms. The van der Waals surface area contributed by atoms with Crippen LogP contribution in [0.15, 0.2) is 30.3 Å². The van der Waals surface area contributed by atoms with Crippen LogP contribution in [0.2, 0.25) is 0 Å². The van der Waals surface area contributed by atoms with Gasteiger partial charge < -0.3 is 4.37 Å². The van der Waals surface area contributed by atoms with Crippen LogP contribution in [-0.2, 0) is 4.37 Å². The first kappa shape index (κ1) is 6.71. The Morgan fingerprint density at radius 2 is 1.55 bits per heavy atom. The minimum absolute atomic E-state index is 1.16. The maximum Gasteiger partial charge on any atom is 0.255 e. The molecule has 1 heteroatoms. The second kappa shape index (κ2) is 2.95. The Hall–Kier alpha value is -0.980. The standard InChI is InChI=1S/C10H13O/c1-2-6-10(7-3-1)11-8-4-5-9-11/h1-3,6-7H,4-5,8-9H2/q+1. The largest absolute Gasteiger partial charge is 0.572 e. The third kappa shape index (κ3) is 1.37. The van der Waals surface area contributed by atoms with Crippen molar-refractivity contribution in [2.24, 2.45) is 0 Å². The normalized spacial score (nSPS) is 17.3. The van der Waals surface area contributed by atoms with Crippen molar-refractivity contribution < 1.29 is 4.37 Å². The molecule has 0 aromatic heterocycles. The van der Waals surface area contributed by atoms with Crippen molar-refractivity contribution >= 4 is 0 Å². The topological polar surface area (TPSA) is 2.70 Å². The Bertz CT molecular complexity index is 212. The van der Waals surface area contributed by atoms with E-state index in [4.69, 9.17) is 0 Å². The van der Waals surface area contributed by atoms with Gasteiger partial charge in [-0.05, 0) is 0 Å². The number of benzene rings is 1. The van der Waals surface area contributed by atoms with Gasteiger partial charge in [-0.15, -0.1) is 0 Å². The second-order valence-corrected chi connectivity index (χ2v) is 2.92. The fourth-order valence-corrected chi connectivity index (χ4v) is 1.50. The first-order valence-corrected chi connectivity index (χ1v) is 4.19. The molecule has 1 aromatic carbocycles. The summed E-state index contributed by atoms with van der Waals surface area (Å²) in [5.41, 5.74) is 0. The highest BCUT2D eigenvalue weighted by molar-refractivity contribution is 5.22. The van der Waals surface area contributed by atoms with E-state index in [2.05, 4.69) is 34.7 Å². The van der Waals surface area contributed by atoms with Gasteiger partial charge in [0.25, 0.3) is 5.75 Å². The number of hydrogen-bond acceptors (Lipinski definition) is 0. The van der Waals surface area contributed by atoms with Crippen LogP contribution < -0.4 is 0 Å². The predicted molar refractivity (Wildman–Crippen MR) is 45.9 cm³/mol. The average Bonchev–Trinajstić information content (AvgIpc) is 2.58. The summed E-state index contributed by atoms with van der Waals surface area (Å²) in [6.07, 6.45) is 2.64. The van der Waals surface area contributed by atoms with E-state index in [0.29, 0.717) is 0 Å². The van der Waals surface area contributed by atoms with Gasteiger partial charge in [-0.2, -0.15) is 0 Å². The van der Waals surface area contributed by atoms with Crippen LogP contribution in [0.4, 0.5) is 0 Å². The Labute approximate surface area is 67.3 Å². The smallest absolute Gasteiger partial charge is 0.255 e. The zero-order valence-corrected chi connectivity index (χ0v) is 6.62. The van der Waals surface area contributed by atoms with E-state index in [1.807, 2.05) is 0 Å². The highest BCUT2D eigenvalue weighted by Crippen LogP contribution is 2.28. The molecule has 1 heterocycles. The van der Waals surface area contributed by atoms with Crippen LogP contribution in [0.5, 0.6) is 5.75 Å². The van der Waals surface area contributed by atoms with Gasteiger partial charge in [0.15, 0.2) is 13.2 Å². The minimum atomic E-state index is 1.16. The van der Waals surface area contributed by atoms with E-state index in [0.717, 1.165) is 13.2 Å². The highest BCUT2D eigenvalue weighted by atomic mass is 16.7. The van der Waals surface area contributed by atoms with E-state index in [1.165, 1.54) is 18.6 Å². The highest BCUT2D eigenvalue weighted by Gasteiger charge is 2.16. The Balaban J connectivity index is 2.16. The average molecular weight is 149 g/mol. The van der Waals surface area contributed by atoms with Crippen molar-refractivity contribution in [1.82, 2.24) is 0 Å². The van der Waals surface area contributed by atoms with Crippen molar-refractivity contribution in [3.63, 3.8) is 0 Å². The van der Waals surface area contributed by atoms with Crippen LogP contribution in [0.1, 0.15) is 12.8 Å². The van der Waals surface area contributed by atoms with E-state index in [-0.39, 0.29) is 0 Å². The molecule has 0 spiro atoms. The molecule has 1 fully saturated rings. The lowest BCUT2D eigenvalue weighted by atomic mass is 10.3. The van der Waals surface area contributed by atoms with Gasteiger partial charge in [-0.3, -0.25) is 0 Å². The first-order valence-electron chi connectivity index (χ1n) is 4.19. The predicted octanol–water partition coefficient (Wildman–Crippen LogP) is 2.75. The fraction of sp³-hybridized carbons (Fsp3) is 0.400. The summed E-state index contributed by atoms with van der Waals surface area (Å²) in [4.78, 5) is 0. The summed E-state index contributed by atoms with van der Waals surface area (Å²) in [5.74, 6) is 1.30. The van der Waals surface area contributed by atoms with Crippen LogP contribution in [0, 0.1) is 0 Å². The van der Waals surface area contributed by atoms with Gasteiger partial charge in [0, 0.05) is 25.0 Å². The molecular weight excluding hydrogens is 136 g/mol. The molecule has 0 atom stereocenters. The SMILES string of the molecule is c1ccc([O+]2CCCC2)cc1. The Kier molecular flexibility index (Phi) is 1.80. The van der Waals surface area contributed by atoms with Crippen molar-refractivity contribution in [2.75, 3.05) is 13.2 Å². The van der Waals surface area contributed by atoms with Crippen LogP contribution in [-0.4, -0.2) is 13.2 Å². The molecule has 0 aliphatic carbocycles.